The summed E-state index contributed by atoms with van der Waals surface area (Å²) in [7, 11) is 3.88. The van der Waals surface area contributed by atoms with Crippen LogP contribution < -0.4 is 5.32 Å². The van der Waals surface area contributed by atoms with Crippen molar-refractivity contribution in [2.24, 2.45) is 7.05 Å². The zero-order valence-corrected chi connectivity index (χ0v) is 13.1. The van der Waals surface area contributed by atoms with Gasteiger partial charge in [-0.25, -0.2) is 4.68 Å². The molecule has 1 aliphatic rings. The summed E-state index contributed by atoms with van der Waals surface area (Å²) >= 11 is 0. The Labute approximate surface area is 125 Å². The molecule has 1 atom stereocenters. The normalized spacial score (nSPS) is 19.7. The fourth-order valence-corrected chi connectivity index (χ4v) is 2.98. The number of nitrogens with zero attached hydrogens (tertiary/aromatic N) is 4. The lowest BCUT2D eigenvalue weighted by atomic mass is 10.0. The van der Waals surface area contributed by atoms with Crippen LogP contribution in [-0.2, 0) is 13.5 Å². The summed E-state index contributed by atoms with van der Waals surface area (Å²) < 4.78 is 1.60. The van der Waals surface area contributed by atoms with Crippen LogP contribution in [0.1, 0.15) is 38.3 Å². The lowest BCUT2D eigenvalue weighted by molar-refractivity contribution is -0.384. The van der Waals surface area contributed by atoms with E-state index >= 15 is 0 Å². The van der Waals surface area contributed by atoms with Crippen molar-refractivity contribution in [2.75, 3.05) is 25.5 Å². The second kappa shape index (κ2) is 6.89. The van der Waals surface area contributed by atoms with Gasteiger partial charge in [0.2, 0.25) is 5.82 Å². The minimum atomic E-state index is -0.315. The number of aryl methyl sites for hydroxylation is 2. The third kappa shape index (κ3) is 3.53. The van der Waals surface area contributed by atoms with Crippen LogP contribution in [0, 0.1) is 10.1 Å². The molecule has 0 aromatic carbocycles. The van der Waals surface area contributed by atoms with Gasteiger partial charge in [0.25, 0.3) is 0 Å². The van der Waals surface area contributed by atoms with Gasteiger partial charge in [-0.3, -0.25) is 10.1 Å². The highest BCUT2D eigenvalue weighted by Gasteiger charge is 2.27. The van der Waals surface area contributed by atoms with Crippen LogP contribution in [0.2, 0.25) is 0 Å². The van der Waals surface area contributed by atoms with Crippen molar-refractivity contribution < 1.29 is 4.92 Å². The van der Waals surface area contributed by atoms with Gasteiger partial charge in [0.15, 0.2) is 0 Å². The molecule has 0 radical (unpaired) electrons. The molecule has 1 aromatic heterocycles. The number of likely N-dealkylation sites (tertiary alicyclic amines) is 1. The molecule has 1 aromatic rings. The Morgan fingerprint density at radius 1 is 1.43 bits per heavy atom. The van der Waals surface area contributed by atoms with Crippen molar-refractivity contribution in [2.45, 2.75) is 45.1 Å². The van der Waals surface area contributed by atoms with E-state index in [1.165, 1.54) is 12.8 Å². The Bertz CT molecular complexity index is 500. The number of anilines is 1. The Morgan fingerprint density at radius 2 is 2.19 bits per heavy atom. The van der Waals surface area contributed by atoms with Crippen molar-refractivity contribution in [3.8, 4) is 0 Å². The fourth-order valence-electron chi connectivity index (χ4n) is 2.98. The van der Waals surface area contributed by atoms with E-state index in [9.17, 15) is 10.1 Å². The van der Waals surface area contributed by atoms with Gasteiger partial charge in [0.1, 0.15) is 5.69 Å². The molecule has 0 saturated carbocycles. The van der Waals surface area contributed by atoms with E-state index in [2.05, 4.69) is 22.4 Å². The molecular weight excluding hydrogens is 270 g/mol. The summed E-state index contributed by atoms with van der Waals surface area (Å²) in [5.41, 5.74) is 0.710. The summed E-state index contributed by atoms with van der Waals surface area (Å²) in [6, 6.07) is 0.433. The predicted octanol–water partition coefficient (Wildman–Crippen LogP) is 2.18. The molecular formula is C14H25N5O2. The van der Waals surface area contributed by atoms with E-state index in [1.807, 2.05) is 6.92 Å². The molecule has 0 spiro atoms. The monoisotopic (exact) mass is 295 g/mol. The Hall–Kier alpha value is -1.63. The largest absolute Gasteiger partial charge is 0.363 e. The SMILES string of the molecule is CCCc1nn(C)c(NCC2CCCCN2C)c1[N+](=O)[O-]. The second-order valence-corrected chi connectivity index (χ2v) is 5.79. The van der Waals surface area contributed by atoms with E-state index in [0.717, 1.165) is 25.9 Å². The second-order valence-electron chi connectivity index (χ2n) is 5.79. The fraction of sp³-hybridized carbons (Fsp3) is 0.786. The molecule has 1 unspecified atom stereocenters. The minimum absolute atomic E-state index is 0.137. The Morgan fingerprint density at radius 3 is 2.81 bits per heavy atom. The summed E-state index contributed by atoms with van der Waals surface area (Å²) in [6.45, 7) is 3.83. The van der Waals surface area contributed by atoms with Crippen LogP contribution in [0.4, 0.5) is 11.5 Å². The molecule has 7 nitrogen and oxygen atoms in total. The first-order valence-electron chi connectivity index (χ1n) is 7.69. The molecule has 118 valence electrons. The van der Waals surface area contributed by atoms with Crippen molar-refractivity contribution in [1.82, 2.24) is 14.7 Å². The molecule has 1 aliphatic heterocycles. The van der Waals surface area contributed by atoms with Crippen LogP contribution in [0.25, 0.3) is 0 Å². The van der Waals surface area contributed by atoms with Crippen LogP contribution in [0.15, 0.2) is 0 Å². The van der Waals surface area contributed by atoms with E-state index in [0.29, 0.717) is 24.0 Å². The highest BCUT2D eigenvalue weighted by atomic mass is 16.6. The number of hydrogen-bond donors (Lipinski definition) is 1. The van der Waals surface area contributed by atoms with Gasteiger partial charge in [-0.05, 0) is 32.9 Å². The Balaban J connectivity index is 2.13. The molecule has 21 heavy (non-hydrogen) atoms. The van der Waals surface area contributed by atoms with E-state index < -0.39 is 0 Å². The zero-order valence-electron chi connectivity index (χ0n) is 13.1. The van der Waals surface area contributed by atoms with Gasteiger partial charge >= 0.3 is 5.69 Å². The van der Waals surface area contributed by atoms with Gasteiger partial charge in [-0.15, -0.1) is 0 Å². The van der Waals surface area contributed by atoms with Crippen LogP contribution >= 0.6 is 0 Å². The molecule has 0 bridgehead atoms. The molecule has 1 N–H and O–H groups in total. The van der Waals surface area contributed by atoms with Crippen LogP contribution in [0.5, 0.6) is 0 Å². The summed E-state index contributed by atoms with van der Waals surface area (Å²) in [5, 5.41) is 18.9. The molecule has 1 saturated heterocycles. The standard InChI is InChI=1S/C14H25N5O2/c1-4-7-12-13(19(20)21)14(18(3)16-12)15-10-11-8-5-6-9-17(11)2/h11,15H,4-10H2,1-3H3. The lowest BCUT2D eigenvalue weighted by Gasteiger charge is -2.32. The number of piperidine rings is 1. The van der Waals surface area contributed by atoms with Gasteiger partial charge in [-0.1, -0.05) is 19.8 Å². The first kappa shape index (κ1) is 15.8. The smallest absolute Gasteiger partial charge is 0.333 e. The van der Waals surface area contributed by atoms with Crippen molar-refractivity contribution in [3.05, 3.63) is 15.8 Å². The van der Waals surface area contributed by atoms with Crippen molar-refractivity contribution >= 4 is 11.5 Å². The number of hydrogen-bond acceptors (Lipinski definition) is 5. The van der Waals surface area contributed by atoms with E-state index in [-0.39, 0.29) is 10.6 Å². The number of nitrogens with one attached hydrogen (secondary N) is 1. The van der Waals surface area contributed by atoms with Crippen molar-refractivity contribution in [3.63, 3.8) is 0 Å². The average Bonchev–Trinajstić information content (AvgIpc) is 2.74. The summed E-state index contributed by atoms with van der Waals surface area (Å²) in [6.07, 6.45) is 5.08. The van der Waals surface area contributed by atoms with Gasteiger partial charge in [0.05, 0.1) is 4.92 Å². The molecule has 2 rings (SSSR count). The maximum absolute atomic E-state index is 11.3. The zero-order chi connectivity index (χ0) is 15.4. The number of aromatic nitrogens is 2. The number of rotatable bonds is 6. The first-order chi connectivity index (χ1) is 10.0. The summed E-state index contributed by atoms with van der Waals surface area (Å²) in [5.74, 6) is 0.530. The van der Waals surface area contributed by atoms with Gasteiger partial charge in [-0.2, -0.15) is 5.10 Å². The highest BCUT2D eigenvalue weighted by Crippen LogP contribution is 2.29. The van der Waals surface area contributed by atoms with E-state index in [4.69, 9.17) is 0 Å². The third-order valence-corrected chi connectivity index (χ3v) is 4.19. The maximum Gasteiger partial charge on any atom is 0.333 e. The highest BCUT2D eigenvalue weighted by molar-refractivity contribution is 5.60. The maximum atomic E-state index is 11.3. The molecule has 2 heterocycles. The first-order valence-corrected chi connectivity index (χ1v) is 7.69. The van der Waals surface area contributed by atoms with Gasteiger partial charge < -0.3 is 10.2 Å². The Kier molecular flexibility index (Phi) is 5.17. The molecule has 0 amide bonds. The predicted molar refractivity (Wildman–Crippen MR) is 82.6 cm³/mol. The van der Waals surface area contributed by atoms with Crippen LogP contribution in [-0.4, -0.2) is 45.8 Å². The van der Waals surface area contributed by atoms with Gasteiger partial charge in [0, 0.05) is 19.6 Å². The van der Waals surface area contributed by atoms with Crippen LogP contribution in [0.3, 0.4) is 0 Å². The van der Waals surface area contributed by atoms with E-state index in [1.54, 1.807) is 11.7 Å². The number of likely N-dealkylation sites (N-methyl/N-ethyl adjacent to an activating group) is 1. The molecule has 1 fully saturated rings. The lowest BCUT2D eigenvalue weighted by Crippen LogP contribution is -2.41. The minimum Gasteiger partial charge on any atom is -0.363 e. The topological polar surface area (TPSA) is 76.2 Å². The molecule has 7 heteroatoms. The summed E-state index contributed by atoms with van der Waals surface area (Å²) in [4.78, 5) is 13.4. The van der Waals surface area contributed by atoms with Crippen molar-refractivity contribution in [1.29, 1.82) is 0 Å². The average molecular weight is 295 g/mol. The quantitative estimate of drug-likeness (QED) is 0.643. The number of nitro groups is 1. The molecule has 0 aliphatic carbocycles. The third-order valence-electron chi connectivity index (χ3n) is 4.19.